The molecule has 0 bridgehead atoms. The Labute approximate surface area is 280 Å². The van der Waals surface area contributed by atoms with E-state index in [0.717, 1.165) is 79.1 Å². The van der Waals surface area contributed by atoms with Crippen LogP contribution in [0.4, 0.5) is 10.5 Å². The number of likely N-dealkylation sites (tertiary alicyclic amines) is 1. The SMILES string of the molecule is CC1(C)OCc2cc(C(O)CNCCCCCCCCCN3CCC(OC(=O)Nc4ccccc4-c4ccccc4)CC3)ccc2O1. The minimum absolute atomic E-state index is 0.0328. The highest BCUT2D eigenvalue weighted by molar-refractivity contribution is 5.91. The second-order valence-corrected chi connectivity index (χ2v) is 13.3. The zero-order valence-corrected chi connectivity index (χ0v) is 28.2. The van der Waals surface area contributed by atoms with Crippen molar-refractivity contribution in [3.63, 3.8) is 0 Å². The third-order valence-electron chi connectivity index (χ3n) is 9.12. The van der Waals surface area contributed by atoms with Gasteiger partial charge in [-0.15, -0.1) is 0 Å². The van der Waals surface area contributed by atoms with Crippen molar-refractivity contribution in [2.24, 2.45) is 0 Å². The molecule has 2 aliphatic rings. The second-order valence-electron chi connectivity index (χ2n) is 13.3. The Hall–Kier alpha value is -3.43. The molecule has 0 radical (unpaired) electrons. The summed E-state index contributed by atoms with van der Waals surface area (Å²) in [5.41, 5.74) is 4.70. The Morgan fingerprint density at radius 3 is 2.43 bits per heavy atom. The summed E-state index contributed by atoms with van der Waals surface area (Å²) in [6.07, 6.45) is 9.45. The summed E-state index contributed by atoms with van der Waals surface area (Å²) in [6.45, 7) is 8.86. The van der Waals surface area contributed by atoms with Crippen molar-refractivity contribution in [3.05, 3.63) is 83.9 Å². The third kappa shape index (κ3) is 11.1. The molecule has 2 heterocycles. The predicted octanol–water partition coefficient (Wildman–Crippen LogP) is 8.07. The quantitative estimate of drug-likeness (QED) is 0.136. The van der Waals surface area contributed by atoms with E-state index in [2.05, 4.69) is 15.5 Å². The number of amides is 1. The van der Waals surface area contributed by atoms with Gasteiger partial charge >= 0.3 is 6.09 Å². The summed E-state index contributed by atoms with van der Waals surface area (Å²) in [5, 5.41) is 17.0. The van der Waals surface area contributed by atoms with Crippen LogP contribution in [-0.4, -0.2) is 60.7 Å². The molecule has 0 saturated carbocycles. The predicted molar refractivity (Wildman–Crippen MR) is 188 cm³/mol. The van der Waals surface area contributed by atoms with Crippen LogP contribution < -0.4 is 15.4 Å². The Kier molecular flexibility index (Phi) is 13.1. The van der Waals surface area contributed by atoms with Crippen molar-refractivity contribution in [2.45, 2.75) is 96.2 Å². The smallest absolute Gasteiger partial charge is 0.411 e. The first kappa shape index (κ1) is 34.9. The van der Waals surface area contributed by atoms with Gasteiger partial charge in [0.25, 0.3) is 0 Å². The molecule has 0 spiro atoms. The van der Waals surface area contributed by atoms with E-state index < -0.39 is 11.9 Å². The molecule has 3 aromatic rings. The molecule has 8 nitrogen and oxygen atoms in total. The highest BCUT2D eigenvalue weighted by Crippen LogP contribution is 2.33. The van der Waals surface area contributed by atoms with Gasteiger partial charge in [-0.05, 0) is 68.1 Å². The average Bonchev–Trinajstić information content (AvgIpc) is 3.08. The summed E-state index contributed by atoms with van der Waals surface area (Å²) in [4.78, 5) is 15.2. The first-order chi connectivity index (χ1) is 22.9. The highest BCUT2D eigenvalue weighted by Gasteiger charge is 2.28. The molecule has 8 heteroatoms. The number of rotatable bonds is 16. The number of hydrogen-bond donors (Lipinski definition) is 3. The van der Waals surface area contributed by atoms with Crippen molar-refractivity contribution in [1.82, 2.24) is 10.2 Å². The number of hydrogen-bond acceptors (Lipinski definition) is 7. The first-order valence-corrected chi connectivity index (χ1v) is 17.6. The molecular formula is C39H53N3O5. The third-order valence-corrected chi connectivity index (χ3v) is 9.12. The molecule has 1 saturated heterocycles. The Balaban J connectivity index is 0.854. The fourth-order valence-corrected chi connectivity index (χ4v) is 6.39. The van der Waals surface area contributed by atoms with E-state index in [1.165, 1.54) is 38.5 Å². The average molecular weight is 644 g/mol. The molecule has 0 aromatic heterocycles. The summed E-state index contributed by atoms with van der Waals surface area (Å²) in [5.74, 6) is 0.227. The number of unbranched alkanes of at least 4 members (excludes halogenated alkanes) is 6. The van der Waals surface area contributed by atoms with Crippen molar-refractivity contribution in [2.75, 3.05) is 38.0 Å². The van der Waals surface area contributed by atoms with Gasteiger partial charge in [0.1, 0.15) is 11.9 Å². The van der Waals surface area contributed by atoms with E-state index in [1.54, 1.807) is 0 Å². The van der Waals surface area contributed by atoms with Crippen molar-refractivity contribution >= 4 is 11.8 Å². The lowest BCUT2D eigenvalue weighted by atomic mass is 10.0. The van der Waals surface area contributed by atoms with E-state index in [0.29, 0.717) is 13.2 Å². The van der Waals surface area contributed by atoms with Crippen molar-refractivity contribution in [1.29, 1.82) is 0 Å². The van der Waals surface area contributed by atoms with Gasteiger partial charge in [-0.3, -0.25) is 5.32 Å². The van der Waals surface area contributed by atoms with Crippen LogP contribution in [0.1, 0.15) is 88.9 Å². The van der Waals surface area contributed by atoms with Crippen molar-refractivity contribution in [3.8, 4) is 16.9 Å². The molecule has 3 N–H and O–H groups in total. The number of aliphatic hydroxyl groups excluding tert-OH is 1. The summed E-state index contributed by atoms with van der Waals surface area (Å²) >= 11 is 0. The normalized spacial score (nSPS) is 17.0. The molecule has 1 atom stereocenters. The molecule has 1 amide bonds. The Bertz CT molecular complexity index is 1390. The van der Waals surface area contributed by atoms with E-state index in [4.69, 9.17) is 14.2 Å². The molecule has 0 aliphatic carbocycles. The zero-order valence-electron chi connectivity index (χ0n) is 28.2. The molecule has 254 valence electrons. The van der Waals surface area contributed by atoms with Gasteiger partial charge in [-0.2, -0.15) is 0 Å². The minimum atomic E-state index is -0.607. The second kappa shape index (κ2) is 17.6. The first-order valence-electron chi connectivity index (χ1n) is 17.6. The lowest BCUT2D eigenvalue weighted by molar-refractivity contribution is -0.180. The Morgan fingerprint density at radius 2 is 1.64 bits per heavy atom. The molecule has 47 heavy (non-hydrogen) atoms. The number of para-hydroxylation sites is 1. The van der Waals surface area contributed by atoms with E-state index in [-0.39, 0.29) is 12.2 Å². The van der Waals surface area contributed by atoms with E-state index >= 15 is 0 Å². The van der Waals surface area contributed by atoms with Crippen LogP contribution in [-0.2, 0) is 16.1 Å². The summed E-state index contributed by atoms with van der Waals surface area (Å²) < 4.78 is 17.4. The van der Waals surface area contributed by atoms with Crippen LogP contribution in [0.5, 0.6) is 5.75 Å². The Morgan fingerprint density at radius 1 is 0.936 bits per heavy atom. The number of benzene rings is 3. The van der Waals surface area contributed by atoms with E-state index in [9.17, 15) is 9.90 Å². The van der Waals surface area contributed by atoms with Gasteiger partial charge in [0.15, 0.2) is 0 Å². The van der Waals surface area contributed by atoms with Crippen LogP contribution in [0, 0.1) is 0 Å². The number of carbonyl (C=O) groups excluding carboxylic acids is 1. The number of nitrogens with zero attached hydrogens (tertiary/aromatic N) is 1. The zero-order chi connectivity index (χ0) is 32.9. The molecule has 2 aliphatic heterocycles. The maximum Gasteiger partial charge on any atom is 0.411 e. The number of piperidine rings is 1. The topological polar surface area (TPSA) is 92.3 Å². The van der Waals surface area contributed by atoms with Gasteiger partial charge in [-0.25, -0.2) is 4.79 Å². The van der Waals surface area contributed by atoms with Crippen molar-refractivity contribution < 1.29 is 24.1 Å². The lowest BCUT2D eigenvalue weighted by Crippen LogP contribution is -2.38. The number of carbonyl (C=O) groups is 1. The van der Waals surface area contributed by atoms with Crippen LogP contribution in [0.25, 0.3) is 11.1 Å². The van der Waals surface area contributed by atoms with Crippen LogP contribution in [0.3, 0.4) is 0 Å². The standard InChI is InChI=1S/C39H53N3O5/c1-39(2)45-29-32-27-31(19-20-37(32)47-39)36(43)28-40-23-13-6-4-3-5-7-14-24-42-25-21-33(22-26-42)46-38(44)41-35-18-12-11-17-34(35)30-15-9-8-10-16-30/h8-12,15-20,27,33,36,40,43H,3-7,13-14,21-26,28-29H2,1-2H3,(H,41,44). The number of aliphatic hydroxyl groups is 1. The lowest BCUT2D eigenvalue weighted by Gasteiger charge is -2.33. The summed E-state index contributed by atoms with van der Waals surface area (Å²) in [7, 11) is 0. The fraction of sp³-hybridized carbons (Fsp3) is 0.513. The minimum Gasteiger partial charge on any atom is -0.463 e. The highest BCUT2D eigenvalue weighted by atomic mass is 16.7. The van der Waals surface area contributed by atoms with Crippen LogP contribution in [0.15, 0.2) is 72.8 Å². The number of anilines is 1. The number of fused-ring (bicyclic) bond motifs is 1. The maximum absolute atomic E-state index is 12.7. The van der Waals surface area contributed by atoms with E-state index in [1.807, 2.05) is 86.6 Å². The van der Waals surface area contributed by atoms with Crippen LogP contribution >= 0.6 is 0 Å². The molecule has 5 rings (SSSR count). The number of ether oxygens (including phenoxy) is 3. The monoisotopic (exact) mass is 643 g/mol. The van der Waals surface area contributed by atoms with Gasteiger partial charge in [-0.1, -0.05) is 86.7 Å². The largest absolute Gasteiger partial charge is 0.463 e. The van der Waals surface area contributed by atoms with Crippen LogP contribution in [0.2, 0.25) is 0 Å². The molecular weight excluding hydrogens is 590 g/mol. The molecule has 1 fully saturated rings. The van der Waals surface area contributed by atoms with Gasteiger partial charge in [0.05, 0.1) is 18.4 Å². The molecule has 3 aromatic carbocycles. The number of nitrogens with one attached hydrogen (secondary N) is 2. The van der Waals surface area contributed by atoms with Gasteiger partial charge in [0.2, 0.25) is 5.79 Å². The summed E-state index contributed by atoms with van der Waals surface area (Å²) in [6, 6.07) is 23.8. The van der Waals surface area contributed by atoms with Gasteiger partial charge in [0, 0.05) is 44.6 Å². The maximum atomic E-state index is 12.7. The molecule has 1 unspecified atom stereocenters. The fourth-order valence-electron chi connectivity index (χ4n) is 6.39. The van der Waals surface area contributed by atoms with Gasteiger partial charge < -0.3 is 29.5 Å².